The topological polar surface area (TPSA) is 55.7 Å². The van der Waals surface area contributed by atoms with E-state index < -0.39 is 5.82 Å². The van der Waals surface area contributed by atoms with Crippen molar-refractivity contribution in [2.24, 2.45) is 0 Å². The van der Waals surface area contributed by atoms with E-state index in [1.165, 1.54) is 24.8 Å². The summed E-state index contributed by atoms with van der Waals surface area (Å²) in [6.45, 7) is 0. The van der Waals surface area contributed by atoms with E-state index in [9.17, 15) is 9.18 Å². The van der Waals surface area contributed by atoms with Crippen LogP contribution in [0.25, 0.3) is 0 Å². The molecule has 0 atom stereocenters. The molecule has 2 heterocycles. The molecule has 5 heteroatoms. The van der Waals surface area contributed by atoms with Crippen LogP contribution in [0.1, 0.15) is 16.1 Å². The molecule has 0 N–H and O–H groups in total. The Balaban J connectivity index is 2.37. The third-order valence-electron chi connectivity index (χ3n) is 1.78. The molecule has 0 saturated carbocycles. The fraction of sp³-hybridized carbons (Fsp3) is 0. The Labute approximate surface area is 84.8 Å². The van der Waals surface area contributed by atoms with Gasteiger partial charge in [-0.25, -0.2) is 14.4 Å². The second-order valence-electron chi connectivity index (χ2n) is 2.82. The van der Waals surface area contributed by atoms with Gasteiger partial charge in [-0.15, -0.1) is 0 Å². The Morgan fingerprint density at radius 1 is 1.27 bits per heavy atom. The quantitative estimate of drug-likeness (QED) is 0.689. The van der Waals surface area contributed by atoms with Gasteiger partial charge in [0.25, 0.3) is 0 Å². The Hall–Kier alpha value is -2.17. The minimum absolute atomic E-state index is 0.175. The number of hydrogen-bond acceptors (Lipinski definition) is 4. The predicted molar refractivity (Wildman–Crippen MR) is 49.7 cm³/mol. The van der Waals surface area contributed by atoms with Crippen LogP contribution >= 0.6 is 0 Å². The maximum atomic E-state index is 12.8. The summed E-state index contributed by atoms with van der Waals surface area (Å²) in [5.74, 6) is -0.917. The van der Waals surface area contributed by atoms with E-state index in [1.54, 1.807) is 0 Å². The van der Waals surface area contributed by atoms with E-state index in [0.717, 1.165) is 12.3 Å². The molecule has 0 aromatic carbocycles. The summed E-state index contributed by atoms with van der Waals surface area (Å²) >= 11 is 0. The minimum atomic E-state index is -0.546. The minimum Gasteiger partial charge on any atom is -0.287 e. The average Bonchev–Trinajstić information content (AvgIpc) is 2.29. The molecule has 0 amide bonds. The van der Waals surface area contributed by atoms with E-state index >= 15 is 0 Å². The lowest BCUT2D eigenvalue weighted by atomic mass is 10.1. The van der Waals surface area contributed by atoms with Crippen molar-refractivity contribution in [1.82, 2.24) is 15.0 Å². The van der Waals surface area contributed by atoms with Gasteiger partial charge in [0, 0.05) is 18.0 Å². The summed E-state index contributed by atoms with van der Waals surface area (Å²) < 4.78 is 12.8. The van der Waals surface area contributed by atoms with Crippen molar-refractivity contribution in [2.75, 3.05) is 0 Å². The van der Waals surface area contributed by atoms with Crippen LogP contribution in [0.5, 0.6) is 0 Å². The van der Waals surface area contributed by atoms with Crippen LogP contribution in [0, 0.1) is 5.82 Å². The number of pyridine rings is 1. The number of nitrogens with zero attached hydrogens (tertiary/aromatic N) is 3. The molecule has 0 bridgehead atoms. The molecule has 0 spiro atoms. The lowest BCUT2D eigenvalue weighted by molar-refractivity contribution is 0.103. The number of hydrogen-bond donors (Lipinski definition) is 0. The first-order valence-electron chi connectivity index (χ1n) is 4.18. The van der Waals surface area contributed by atoms with Crippen molar-refractivity contribution in [2.45, 2.75) is 0 Å². The van der Waals surface area contributed by atoms with Gasteiger partial charge >= 0.3 is 0 Å². The van der Waals surface area contributed by atoms with E-state index in [1.807, 2.05) is 0 Å². The van der Waals surface area contributed by atoms with Crippen molar-refractivity contribution in [3.05, 3.63) is 54.1 Å². The van der Waals surface area contributed by atoms with E-state index in [-0.39, 0.29) is 17.0 Å². The summed E-state index contributed by atoms with van der Waals surface area (Å²) in [4.78, 5) is 22.8. The fourth-order valence-corrected chi connectivity index (χ4v) is 1.11. The molecule has 2 rings (SSSR count). The molecule has 2 aromatic heterocycles. The summed E-state index contributed by atoms with van der Waals surface area (Å²) in [6, 6.07) is 2.59. The Morgan fingerprint density at radius 3 is 2.80 bits per heavy atom. The Kier molecular flexibility index (Phi) is 2.45. The summed E-state index contributed by atoms with van der Waals surface area (Å²) in [6.07, 6.45) is 5.05. The van der Waals surface area contributed by atoms with Gasteiger partial charge in [-0.2, -0.15) is 0 Å². The highest BCUT2D eigenvalue weighted by Gasteiger charge is 2.10. The third kappa shape index (κ3) is 2.01. The van der Waals surface area contributed by atoms with Gasteiger partial charge in [0.1, 0.15) is 17.8 Å². The van der Waals surface area contributed by atoms with Crippen LogP contribution in [-0.4, -0.2) is 20.7 Å². The second-order valence-corrected chi connectivity index (χ2v) is 2.82. The largest absolute Gasteiger partial charge is 0.287 e. The molecule has 0 unspecified atom stereocenters. The molecule has 0 aliphatic heterocycles. The standard InChI is InChI=1S/C10H6FN3O/c11-8-3-7(4-13-5-8)10(15)9-1-2-12-6-14-9/h1-6H. The van der Waals surface area contributed by atoms with Crippen LogP contribution in [0.4, 0.5) is 4.39 Å². The van der Waals surface area contributed by atoms with Gasteiger partial charge in [-0.3, -0.25) is 9.78 Å². The van der Waals surface area contributed by atoms with Crippen molar-refractivity contribution in [1.29, 1.82) is 0 Å². The monoisotopic (exact) mass is 203 g/mol. The van der Waals surface area contributed by atoms with Gasteiger partial charge in [-0.05, 0) is 12.1 Å². The summed E-state index contributed by atoms with van der Waals surface area (Å²) in [7, 11) is 0. The van der Waals surface area contributed by atoms with Crippen LogP contribution in [-0.2, 0) is 0 Å². The van der Waals surface area contributed by atoms with Crippen LogP contribution in [0.15, 0.2) is 37.1 Å². The van der Waals surface area contributed by atoms with Gasteiger partial charge < -0.3 is 0 Å². The first kappa shape index (κ1) is 9.39. The van der Waals surface area contributed by atoms with Crippen LogP contribution < -0.4 is 0 Å². The highest BCUT2D eigenvalue weighted by Crippen LogP contribution is 2.06. The molecule has 2 aromatic rings. The molecular formula is C10H6FN3O. The van der Waals surface area contributed by atoms with Crippen LogP contribution in [0.2, 0.25) is 0 Å². The van der Waals surface area contributed by atoms with Gasteiger partial charge in [0.2, 0.25) is 5.78 Å². The number of aromatic nitrogens is 3. The van der Waals surface area contributed by atoms with Crippen LogP contribution in [0.3, 0.4) is 0 Å². The first-order chi connectivity index (χ1) is 7.27. The highest BCUT2D eigenvalue weighted by atomic mass is 19.1. The second kappa shape index (κ2) is 3.91. The maximum absolute atomic E-state index is 12.8. The smallest absolute Gasteiger partial charge is 0.213 e. The van der Waals surface area contributed by atoms with Gasteiger partial charge in [0.15, 0.2) is 0 Å². The molecule has 15 heavy (non-hydrogen) atoms. The normalized spacial score (nSPS) is 9.93. The van der Waals surface area contributed by atoms with Crippen molar-refractivity contribution in [3.8, 4) is 0 Å². The maximum Gasteiger partial charge on any atom is 0.213 e. The van der Waals surface area contributed by atoms with Gasteiger partial charge in [-0.1, -0.05) is 0 Å². The Bertz CT molecular complexity index is 487. The zero-order valence-corrected chi connectivity index (χ0v) is 7.59. The molecule has 0 fully saturated rings. The van der Waals surface area contributed by atoms with E-state index in [0.29, 0.717) is 0 Å². The van der Waals surface area contributed by atoms with Gasteiger partial charge in [0.05, 0.1) is 6.20 Å². The number of carbonyl (C=O) groups is 1. The molecule has 0 aliphatic carbocycles. The average molecular weight is 203 g/mol. The van der Waals surface area contributed by atoms with Crippen molar-refractivity contribution in [3.63, 3.8) is 0 Å². The molecule has 4 nitrogen and oxygen atoms in total. The van der Waals surface area contributed by atoms with E-state index in [4.69, 9.17) is 0 Å². The lowest BCUT2D eigenvalue weighted by Crippen LogP contribution is -2.04. The predicted octanol–water partition coefficient (Wildman–Crippen LogP) is 1.24. The highest BCUT2D eigenvalue weighted by molar-refractivity contribution is 6.07. The molecule has 0 saturated heterocycles. The number of rotatable bonds is 2. The SMILES string of the molecule is O=C(c1cncc(F)c1)c1ccncn1. The summed E-state index contributed by atoms with van der Waals surface area (Å²) in [5.41, 5.74) is 0.395. The van der Waals surface area contributed by atoms with Crippen molar-refractivity contribution < 1.29 is 9.18 Å². The first-order valence-corrected chi connectivity index (χ1v) is 4.18. The summed E-state index contributed by atoms with van der Waals surface area (Å²) in [5, 5.41) is 0. The number of halogens is 1. The Morgan fingerprint density at radius 2 is 2.13 bits per heavy atom. The van der Waals surface area contributed by atoms with E-state index in [2.05, 4.69) is 15.0 Å². The third-order valence-corrected chi connectivity index (χ3v) is 1.78. The lowest BCUT2D eigenvalue weighted by Gasteiger charge is -1.98. The molecule has 0 radical (unpaired) electrons. The van der Waals surface area contributed by atoms with Crippen molar-refractivity contribution >= 4 is 5.78 Å². The molecular weight excluding hydrogens is 197 g/mol. The zero-order chi connectivity index (χ0) is 10.7. The zero-order valence-electron chi connectivity index (χ0n) is 7.59. The number of carbonyl (C=O) groups excluding carboxylic acids is 1. The molecule has 0 aliphatic rings. The molecule has 74 valence electrons. The fourth-order valence-electron chi connectivity index (χ4n) is 1.11. The number of ketones is 1.